The zero-order chi connectivity index (χ0) is 14.5. The third kappa shape index (κ3) is 4.75. The fraction of sp³-hybridized carbons (Fsp3) is 1.00. The highest BCUT2D eigenvalue weighted by Crippen LogP contribution is 2.35. The SMILES string of the molecule is CCC(CC)(CO)CN1CCCC(C(C)(C)C)CC1. The molecule has 0 spiro atoms. The Bertz CT molecular complexity index is 244. The van der Waals surface area contributed by atoms with Crippen molar-refractivity contribution in [3.63, 3.8) is 0 Å². The first-order chi connectivity index (χ1) is 8.87. The Morgan fingerprint density at radius 1 is 1.05 bits per heavy atom. The maximum absolute atomic E-state index is 9.73. The molecule has 0 aliphatic carbocycles. The number of hydrogen-bond donors (Lipinski definition) is 1. The molecule has 0 bridgehead atoms. The van der Waals surface area contributed by atoms with E-state index in [4.69, 9.17) is 0 Å². The van der Waals surface area contributed by atoms with Crippen molar-refractivity contribution in [2.24, 2.45) is 16.7 Å². The monoisotopic (exact) mass is 269 g/mol. The maximum Gasteiger partial charge on any atom is 0.0499 e. The van der Waals surface area contributed by atoms with E-state index in [9.17, 15) is 5.11 Å². The molecule has 19 heavy (non-hydrogen) atoms. The molecule has 0 aromatic carbocycles. The van der Waals surface area contributed by atoms with Crippen LogP contribution in [-0.2, 0) is 0 Å². The van der Waals surface area contributed by atoms with Crippen LogP contribution >= 0.6 is 0 Å². The van der Waals surface area contributed by atoms with Gasteiger partial charge in [-0.15, -0.1) is 0 Å². The van der Waals surface area contributed by atoms with Crippen LogP contribution in [0.25, 0.3) is 0 Å². The van der Waals surface area contributed by atoms with Crippen molar-refractivity contribution in [1.29, 1.82) is 0 Å². The Morgan fingerprint density at radius 3 is 2.16 bits per heavy atom. The maximum atomic E-state index is 9.73. The smallest absolute Gasteiger partial charge is 0.0499 e. The minimum atomic E-state index is 0.127. The lowest BCUT2D eigenvalue weighted by Gasteiger charge is -2.35. The molecule has 0 aromatic heterocycles. The molecule has 1 rings (SSSR count). The molecule has 1 fully saturated rings. The average molecular weight is 269 g/mol. The van der Waals surface area contributed by atoms with Gasteiger partial charge < -0.3 is 10.0 Å². The normalized spacial score (nSPS) is 23.4. The minimum Gasteiger partial charge on any atom is -0.396 e. The van der Waals surface area contributed by atoms with Gasteiger partial charge in [-0.3, -0.25) is 0 Å². The third-order valence-electron chi connectivity index (χ3n) is 5.44. The van der Waals surface area contributed by atoms with Gasteiger partial charge in [0.25, 0.3) is 0 Å². The Labute approximate surface area is 120 Å². The first kappa shape index (κ1) is 17.0. The molecule has 1 aliphatic heterocycles. The van der Waals surface area contributed by atoms with Crippen molar-refractivity contribution in [2.45, 2.75) is 66.7 Å². The minimum absolute atomic E-state index is 0.127. The summed E-state index contributed by atoms with van der Waals surface area (Å²) >= 11 is 0. The summed E-state index contributed by atoms with van der Waals surface area (Å²) in [6.07, 6.45) is 6.16. The molecule has 1 aliphatic rings. The van der Waals surface area contributed by atoms with Crippen LogP contribution in [0, 0.1) is 16.7 Å². The van der Waals surface area contributed by atoms with Crippen LogP contribution in [-0.4, -0.2) is 36.2 Å². The summed E-state index contributed by atoms with van der Waals surface area (Å²) in [6, 6.07) is 0. The Hall–Kier alpha value is -0.0800. The molecule has 0 radical (unpaired) electrons. The lowest BCUT2D eigenvalue weighted by Crippen LogP contribution is -2.40. The number of likely N-dealkylation sites (tertiary alicyclic amines) is 1. The molecule has 1 atom stereocenters. The second kappa shape index (κ2) is 7.08. The fourth-order valence-corrected chi connectivity index (χ4v) is 3.40. The third-order valence-corrected chi connectivity index (χ3v) is 5.44. The standard InChI is InChI=1S/C17H35NO/c1-6-17(7-2,14-19)13-18-11-8-9-15(10-12-18)16(3,4)5/h15,19H,6-14H2,1-5H3. The molecule has 1 unspecified atom stereocenters. The number of rotatable bonds is 5. The van der Waals surface area contributed by atoms with Crippen molar-refractivity contribution < 1.29 is 5.11 Å². The van der Waals surface area contributed by atoms with Crippen LogP contribution < -0.4 is 0 Å². The average Bonchev–Trinajstić information content (AvgIpc) is 2.61. The van der Waals surface area contributed by atoms with Gasteiger partial charge in [0.1, 0.15) is 0 Å². The molecule has 0 amide bonds. The van der Waals surface area contributed by atoms with Gasteiger partial charge in [0.2, 0.25) is 0 Å². The molecule has 2 nitrogen and oxygen atoms in total. The zero-order valence-corrected chi connectivity index (χ0v) is 13.8. The molecule has 114 valence electrons. The van der Waals surface area contributed by atoms with Crippen LogP contribution in [0.5, 0.6) is 0 Å². The first-order valence-corrected chi connectivity index (χ1v) is 8.20. The summed E-state index contributed by atoms with van der Waals surface area (Å²) in [6.45, 7) is 15.4. The number of aliphatic hydroxyl groups is 1. The molecule has 1 saturated heterocycles. The molecule has 2 heteroatoms. The van der Waals surface area contributed by atoms with E-state index < -0.39 is 0 Å². The van der Waals surface area contributed by atoms with Crippen LogP contribution in [0.3, 0.4) is 0 Å². The second-order valence-corrected chi connectivity index (χ2v) is 7.64. The summed E-state index contributed by atoms with van der Waals surface area (Å²) in [5.41, 5.74) is 0.571. The summed E-state index contributed by atoms with van der Waals surface area (Å²) < 4.78 is 0. The van der Waals surface area contributed by atoms with E-state index in [1.807, 2.05) is 0 Å². The Morgan fingerprint density at radius 2 is 1.68 bits per heavy atom. The van der Waals surface area contributed by atoms with Crippen molar-refractivity contribution in [3.8, 4) is 0 Å². The van der Waals surface area contributed by atoms with Crippen LogP contribution in [0.4, 0.5) is 0 Å². The molecule has 0 aromatic rings. The summed E-state index contributed by atoms with van der Waals surface area (Å²) in [5.74, 6) is 0.851. The van der Waals surface area contributed by atoms with Gasteiger partial charge in [0, 0.05) is 18.6 Å². The van der Waals surface area contributed by atoms with E-state index in [1.165, 1.54) is 32.4 Å². The predicted molar refractivity (Wildman–Crippen MR) is 83.3 cm³/mol. The van der Waals surface area contributed by atoms with Crippen molar-refractivity contribution >= 4 is 0 Å². The molecule has 1 heterocycles. The summed E-state index contributed by atoms with van der Waals surface area (Å²) in [5, 5.41) is 9.73. The van der Waals surface area contributed by atoms with Gasteiger partial charge in [-0.25, -0.2) is 0 Å². The zero-order valence-electron chi connectivity index (χ0n) is 13.8. The van der Waals surface area contributed by atoms with E-state index in [-0.39, 0.29) is 5.41 Å². The van der Waals surface area contributed by atoms with E-state index >= 15 is 0 Å². The molecule has 0 saturated carbocycles. The van der Waals surface area contributed by atoms with Gasteiger partial charge in [-0.1, -0.05) is 34.6 Å². The number of aliphatic hydroxyl groups excluding tert-OH is 1. The van der Waals surface area contributed by atoms with Crippen molar-refractivity contribution in [1.82, 2.24) is 4.90 Å². The van der Waals surface area contributed by atoms with Crippen molar-refractivity contribution in [2.75, 3.05) is 26.2 Å². The highest BCUT2D eigenvalue weighted by molar-refractivity contribution is 4.84. The Balaban J connectivity index is 2.58. The van der Waals surface area contributed by atoms with Crippen LogP contribution in [0.1, 0.15) is 66.7 Å². The summed E-state index contributed by atoms with van der Waals surface area (Å²) in [7, 11) is 0. The van der Waals surface area contributed by atoms with E-state index in [0.717, 1.165) is 25.3 Å². The van der Waals surface area contributed by atoms with Crippen molar-refractivity contribution in [3.05, 3.63) is 0 Å². The Kier molecular flexibility index (Phi) is 6.32. The quantitative estimate of drug-likeness (QED) is 0.817. The van der Waals surface area contributed by atoms with Crippen LogP contribution in [0.15, 0.2) is 0 Å². The molecular weight excluding hydrogens is 234 g/mol. The second-order valence-electron chi connectivity index (χ2n) is 7.64. The summed E-state index contributed by atoms with van der Waals surface area (Å²) in [4.78, 5) is 2.61. The van der Waals surface area contributed by atoms with E-state index in [1.54, 1.807) is 0 Å². The van der Waals surface area contributed by atoms with E-state index in [2.05, 4.69) is 39.5 Å². The largest absolute Gasteiger partial charge is 0.396 e. The van der Waals surface area contributed by atoms with Gasteiger partial charge in [0.05, 0.1) is 0 Å². The fourth-order valence-electron chi connectivity index (χ4n) is 3.40. The molecular formula is C17H35NO. The lowest BCUT2D eigenvalue weighted by atomic mass is 9.76. The van der Waals surface area contributed by atoms with E-state index in [0.29, 0.717) is 12.0 Å². The number of hydrogen-bond acceptors (Lipinski definition) is 2. The lowest BCUT2D eigenvalue weighted by molar-refractivity contribution is 0.0657. The first-order valence-electron chi connectivity index (χ1n) is 8.20. The van der Waals surface area contributed by atoms with Crippen LogP contribution in [0.2, 0.25) is 0 Å². The van der Waals surface area contributed by atoms with Gasteiger partial charge >= 0.3 is 0 Å². The van der Waals surface area contributed by atoms with Gasteiger partial charge in [0.15, 0.2) is 0 Å². The van der Waals surface area contributed by atoms with Gasteiger partial charge in [-0.05, 0) is 56.5 Å². The predicted octanol–water partition coefficient (Wildman–Crippen LogP) is 3.93. The topological polar surface area (TPSA) is 23.5 Å². The number of nitrogens with zero attached hydrogens (tertiary/aromatic N) is 1. The highest BCUT2D eigenvalue weighted by atomic mass is 16.3. The van der Waals surface area contributed by atoms with Gasteiger partial charge in [-0.2, -0.15) is 0 Å². The highest BCUT2D eigenvalue weighted by Gasteiger charge is 2.31. The molecule has 1 N–H and O–H groups in total.